The van der Waals surface area contributed by atoms with E-state index in [1.54, 1.807) is 0 Å². The third kappa shape index (κ3) is 10.5. The zero-order valence-corrected chi connectivity index (χ0v) is 16.6. The SMILES string of the molecule is O=C[C@H](O)[C@@H](O)[C@@H](O)[C@H](O)C(=O)O.O=C[C@H](O)[C@@H](O)[C@@H](O)[C@H](O)C(=O)O.[Zn]. The number of aliphatic hydroxyl groups is 8. The molecule has 14 nitrogen and oxygen atoms in total. The number of hydrogen-bond donors (Lipinski definition) is 10. The van der Waals surface area contributed by atoms with Crippen molar-refractivity contribution in [1.29, 1.82) is 0 Å². The third-order valence-corrected chi connectivity index (χ3v) is 2.83. The molecule has 10 N–H and O–H groups in total. The molecule has 8 atom stereocenters. The van der Waals surface area contributed by atoms with E-state index in [1.807, 2.05) is 0 Å². The van der Waals surface area contributed by atoms with Gasteiger partial charge >= 0.3 is 11.9 Å². The molecule has 0 spiro atoms. The fraction of sp³-hybridized carbons (Fsp3) is 0.667. The molecule has 0 fully saturated rings. The maximum absolute atomic E-state index is 10.1. The number of carboxylic acid groups (broad SMARTS) is 2. The normalized spacial score (nSPS) is 19.3. The molecule has 0 heterocycles. The van der Waals surface area contributed by atoms with Crippen molar-refractivity contribution >= 4 is 24.5 Å². The van der Waals surface area contributed by atoms with Crippen LogP contribution in [0.1, 0.15) is 0 Å². The first-order valence-corrected chi connectivity index (χ1v) is 6.64. The zero-order valence-electron chi connectivity index (χ0n) is 13.6. The molecule has 0 saturated carbocycles. The van der Waals surface area contributed by atoms with E-state index < -0.39 is 60.8 Å². The Kier molecular flexibility index (Phi) is 16.4. The van der Waals surface area contributed by atoms with E-state index in [-0.39, 0.29) is 32.1 Å². The van der Waals surface area contributed by atoms with Crippen molar-refractivity contribution in [2.45, 2.75) is 48.8 Å². The number of carbonyl (C=O) groups excluding carboxylic acids is 2. The summed E-state index contributed by atoms with van der Waals surface area (Å²) in [5.41, 5.74) is 0. The second-order valence-corrected chi connectivity index (χ2v) is 4.78. The summed E-state index contributed by atoms with van der Waals surface area (Å²) in [6.07, 6.45) is -16.8. The topological polar surface area (TPSA) is 271 Å². The fourth-order valence-electron chi connectivity index (χ4n) is 1.23. The molecular weight excluding hydrogens is 434 g/mol. The molecule has 0 radical (unpaired) electrons. The molecule has 27 heavy (non-hydrogen) atoms. The Morgan fingerprint density at radius 3 is 0.926 bits per heavy atom. The maximum Gasteiger partial charge on any atom is 0.335 e. The molecule has 0 aromatic heterocycles. The summed E-state index contributed by atoms with van der Waals surface area (Å²) < 4.78 is 0. The van der Waals surface area contributed by atoms with Gasteiger partial charge in [0, 0.05) is 19.5 Å². The summed E-state index contributed by atoms with van der Waals surface area (Å²) in [6, 6.07) is 0. The Balaban J connectivity index is -0.000000411. The molecule has 0 aromatic carbocycles. The first kappa shape index (κ1) is 30.3. The Morgan fingerprint density at radius 1 is 0.556 bits per heavy atom. The average Bonchev–Trinajstić information content (AvgIpc) is 2.62. The molecule has 0 aliphatic carbocycles. The summed E-state index contributed by atoms with van der Waals surface area (Å²) in [7, 11) is 0. The van der Waals surface area contributed by atoms with Crippen molar-refractivity contribution in [3.05, 3.63) is 0 Å². The van der Waals surface area contributed by atoms with Gasteiger partial charge in [0.05, 0.1) is 0 Å². The van der Waals surface area contributed by atoms with Crippen molar-refractivity contribution in [3.8, 4) is 0 Å². The molecule has 154 valence electrons. The average molecular weight is 454 g/mol. The number of rotatable bonds is 10. The van der Waals surface area contributed by atoms with Gasteiger partial charge in [-0.05, 0) is 0 Å². The van der Waals surface area contributed by atoms with Crippen LogP contribution in [-0.4, -0.2) is 124 Å². The van der Waals surface area contributed by atoms with Crippen molar-refractivity contribution in [2.24, 2.45) is 0 Å². The van der Waals surface area contributed by atoms with Crippen LogP contribution < -0.4 is 0 Å². The Labute approximate surface area is 163 Å². The smallest absolute Gasteiger partial charge is 0.335 e. The number of aliphatic hydroxyl groups excluding tert-OH is 8. The summed E-state index contributed by atoms with van der Waals surface area (Å²) in [5.74, 6) is -3.52. The van der Waals surface area contributed by atoms with Crippen LogP contribution in [0.25, 0.3) is 0 Å². The van der Waals surface area contributed by atoms with Gasteiger partial charge in [-0.25, -0.2) is 9.59 Å². The monoisotopic (exact) mass is 452 g/mol. The van der Waals surface area contributed by atoms with Gasteiger partial charge in [0.1, 0.15) is 36.6 Å². The molecule has 0 amide bonds. The summed E-state index contributed by atoms with van der Waals surface area (Å²) in [6.45, 7) is 0. The summed E-state index contributed by atoms with van der Waals surface area (Å²) in [4.78, 5) is 39.9. The Hall–Kier alpha value is -1.42. The van der Waals surface area contributed by atoms with E-state index in [0.29, 0.717) is 0 Å². The molecule has 15 heteroatoms. The summed E-state index contributed by atoms with van der Waals surface area (Å²) >= 11 is 0. The standard InChI is InChI=1S/2C6H10O7.Zn/c2*7-1-2(8)3(9)4(10)5(11)6(12)13;/h2*1-5,8-11H,(H,12,13);/t2*2-,3+,4+,5-;/m00./s1. The van der Waals surface area contributed by atoms with E-state index in [0.717, 1.165) is 0 Å². The van der Waals surface area contributed by atoms with E-state index in [4.69, 9.17) is 51.1 Å². The Bertz CT molecular complexity index is 431. The van der Waals surface area contributed by atoms with Gasteiger partial charge in [-0.2, -0.15) is 0 Å². The van der Waals surface area contributed by atoms with Gasteiger partial charge in [-0.1, -0.05) is 0 Å². The van der Waals surface area contributed by atoms with Crippen molar-refractivity contribution in [1.82, 2.24) is 0 Å². The summed E-state index contributed by atoms with van der Waals surface area (Å²) in [5, 5.41) is 86.4. The van der Waals surface area contributed by atoms with E-state index in [9.17, 15) is 19.2 Å². The predicted molar refractivity (Wildman–Crippen MR) is 75.5 cm³/mol. The zero-order chi connectivity index (χ0) is 21.2. The molecule has 0 rings (SSSR count). The van der Waals surface area contributed by atoms with Crippen LogP contribution >= 0.6 is 0 Å². The first-order valence-electron chi connectivity index (χ1n) is 6.64. The predicted octanol–water partition coefficient (Wildman–Crippen LogP) is -6.58. The Morgan fingerprint density at radius 2 is 0.778 bits per heavy atom. The van der Waals surface area contributed by atoms with E-state index in [1.165, 1.54) is 0 Å². The molecule has 0 unspecified atom stereocenters. The van der Waals surface area contributed by atoms with Crippen LogP contribution in [0.3, 0.4) is 0 Å². The minimum atomic E-state index is -2.25. The molecule has 0 bridgehead atoms. The van der Waals surface area contributed by atoms with Crippen LogP contribution in [0.15, 0.2) is 0 Å². The van der Waals surface area contributed by atoms with Gasteiger partial charge in [0.2, 0.25) is 0 Å². The third-order valence-electron chi connectivity index (χ3n) is 2.83. The van der Waals surface area contributed by atoms with Gasteiger partial charge in [0.15, 0.2) is 24.8 Å². The van der Waals surface area contributed by atoms with Crippen LogP contribution in [-0.2, 0) is 38.7 Å². The van der Waals surface area contributed by atoms with Crippen LogP contribution in [0, 0.1) is 0 Å². The minimum Gasteiger partial charge on any atom is -0.479 e. The molecule has 0 aromatic rings. The van der Waals surface area contributed by atoms with Crippen LogP contribution in [0.4, 0.5) is 0 Å². The van der Waals surface area contributed by atoms with E-state index >= 15 is 0 Å². The number of aliphatic carboxylic acids is 2. The minimum absolute atomic E-state index is 0. The van der Waals surface area contributed by atoms with Crippen LogP contribution in [0.2, 0.25) is 0 Å². The quantitative estimate of drug-likeness (QED) is 0.109. The van der Waals surface area contributed by atoms with Crippen molar-refractivity contribution < 1.29 is 89.7 Å². The number of hydrogen-bond acceptors (Lipinski definition) is 12. The second-order valence-electron chi connectivity index (χ2n) is 4.78. The van der Waals surface area contributed by atoms with Crippen LogP contribution in [0.5, 0.6) is 0 Å². The van der Waals surface area contributed by atoms with Gasteiger partial charge in [-0.15, -0.1) is 0 Å². The molecule has 0 saturated heterocycles. The molecule has 0 aliphatic rings. The van der Waals surface area contributed by atoms with Gasteiger partial charge in [-0.3, -0.25) is 0 Å². The van der Waals surface area contributed by atoms with E-state index in [2.05, 4.69) is 0 Å². The van der Waals surface area contributed by atoms with Gasteiger partial charge in [0.25, 0.3) is 0 Å². The number of aldehydes is 2. The molecule has 0 aliphatic heterocycles. The van der Waals surface area contributed by atoms with Gasteiger partial charge < -0.3 is 60.7 Å². The fourth-order valence-corrected chi connectivity index (χ4v) is 1.23. The number of carboxylic acids is 2. The van der Waals surface area contributed by atoms with Crippen molar-refractivity contribution in [3.63, 3.8) is 0 Å². The maximum atomic E-state index is 10.1. The first-order chi connectivity index (χ1) is 11.8. The van der Waals surface area contributed by atoms with Crippen molar-refractivity contribution in [2.75, 3.05) is 0 Å². The second kappa shape index (κ2) is 14.6. The number of carbonyl (C=O) groups is 4. The largest absolute Gasteiger partial charge is 0.479 e. The molecular formula is C12H20O14Zn.